The van der Waals surface area contributed by atoms with Crippen molar-refractivity contribution in [2.24, 2.45) is 0 Å². The molecular weight excluding hydrogens is 268 g/mol. The lowest BCUT2D eigenvalue weighted by molar-refractivity contribution is 0.221. The largest absolute Gasteiger partial charge is 0.384 e. The van der Waals surface area contributed by atoms with Crippen LogP contribution in [0.5, 0.6) is 0 Å². The topological polar surface area (TPSA) is 20.2 Å². The molecule has 0 amide bonds. The van der Waals surface area contributed by atoms with E-state index in [2.05, 4.69) is 24.3 Å². The van der Waals surface area contributed by atoms with Gasteiger partial charge in [0.1, 0.15) is 6.10 Å². The van der Waals surface area contributed by atoms with Crippen LogP contribution in [0.2, 0.25) is 5.02 Å². The van der Waals surface area contributed by atoms with E-state index in [1.165, 1.54) is 0 Å². The van der Waals surface area contributed by atoms with Crippen molar-refractivity contribution in [3.05, 3.63) is 82.4 Å². The van der Waals surface area contributed by atoms with Gasteiger partial charge in [0, 0.05) is 5.02 Å². The summed E-state index contributed by atoms with van der Waals surface area (Å²) in [7, 11) is 0. The summed E-state index contributed by atoms with van der Waals surface area (Å²) in [5, 5.41) is 13.6. The molecule has 0 saturated carbocycles. The molecule has 3 aromatic carbocycles. The Labute approximate surface area is 123 Å². The molecule has 0 aliphatic heterocycles. The molecule has 1 N–H and O–H groups in total. The number of aliphatic hydroxyl groups excluding tert-OH is 1. The molecule has 1 nitrogen and oxygen atoms in total. The third-order valence-corrected chi connectivity index (χ3v) is 3.90. The predicted octanol–water partition coefficient (Wildman–Crippen LogP) is 4.88. The lowest BCUT2D eigenvalue weighted by Gasteiger charge is -2.17. The average Bonchev–Trinajstić information content (AvgIpc) is 2.47. The van der Waals surface area contributed by atoms with Gasteiger partial charge in [-0.2, -0.15) is 0 Å². The molecule has 0 heterocycles. The van der Waals surface area contributed by atoms with Gasteiger partial charge in [0.05, 0.1) is 0 Å². The highest BCUT2D eigenvalue weighted by molar-refractivity contribution is 6.30. The molecule has 0 saturated heterocycles. The number of benzene rings is 3. The number of halogens is 1. The molecule has 0 aliphatic rings. The Kier molecular flexibility index (Phi) is 3.47. The van der Waals surface area contributed by atoms with Crippen molar-refractivity contribution in [2.45, 2.75) is 13.0 Å². The van der Waals surface area contributed by atoms with E-state index in [1.54, 1.807) is 12.1 Å². The fourth-order valence-electron chi connectivity index (χ4n) is 2.58. The van der Waals surface area contributed by atoms with Gasteiger partial charge >= 0.3 is 0 Å². The minimum absolute atomic E-state index is 0.640. The quantitative estimate of drug-likeness (QED) is 0.710. The number of hydrogen-bond acceptors (Lipinski definition) is 1. The number of rotatable bonds is 2. The van der Waals surface area contributed by atoms with Gasteiger partial charge in [0.15, 0.2) is 0 Å². The second-order valence-corrected chi connectivity index (χ2v) is 5.41. The van der Waals surface area contributed by atoms with Gasteiger partial charge < -0.3 is 5.11 Å². The number of fused-ring (bicyclic) bond motifs is 1. The fourth-order valence-corrected chi connectivity index (χ4v) is 2.71. The molecular formula is C18H15ClO. The van der Waals surface area contributed by atoms with E-state index in [-0.39, 0.29) is 0 Å². The van der Waals surface area contributed by atoms with Crippen molar-refractivity contribution in [3.63, 3.8) is 0 Å². The molecule has 0 spiro atoms. The Bertz CT molecular complexity index is 747. The Morgan fingerprint density at radius 1 is 0.900 bits per heavy atom. The lowest BCUT2D eigenvalue weighted by atomic mass is 9.92. The highest BCUT2D eigenvalue weighted by atomic mass is 35.5. The Morgan fingerprint density at radius 2 is 1.60 bits per heavy atom. The van der Waals surface area contributed by atoms with Gasteiger partial charge in [-0.1, -0.05) is 60.1 Å². The summed E-state index contributed by atoms with van der Waals surface area (Å²) in [6.45, 7) is 2.03. The summed E-state index contributed by atoms with van der Waals surface area (Å²) < 4.78 is 0. The Balaban J connectivity index is 2.18. The van der Waals surface area contributed by atoms with Crippen molar-refractivity contribution < 1.29 is 5.11 Å². The number of aryl methyl sites for hydroxylation is 1. The number of hydrogen-bond donors (Lipinski definition) is 1. The van der Waals surface area contributed by atoms with Crippen LogP contribution >= 0.6 is 11.6 Å². The summed E-state index contributed by atoms with van der Waals surface area (Å²) in [5.74, 6) is 0. The van der Waals surface area contributed by atoms with Crippen LogP contribution in [0.3, 0.4) is 0 Å². The minimum atomic E-state index is -0.640. The summed E-state index contributed by atoms with van der Waals surface area (Å²) in [4.78, 5) is 0. The molecule has 0 fully saturated rings. The second-order valence-electron chi connectivity index (χ2n) is 4.97. The molecule has 3 rings (SSSR count). The van der Waals surface area contributed by atoms with Crippen LogP contribution in [0.25, 0.3) is 10.8 Å². The van der Waals surface area contributed by atoms with Crippen LogP contribution < -0.4 is 0 Å². The molecule has 2 heteroatoms. The third kappa shape index (κ3) is 2.31. The standard InChI is InChI=1S/C18H15ClO/c1-12-6-7-13-4-2-3-5-16(13)17(12)18(20)14-8-10-15(19)11-9-14/h2-11,18,20H,1H3/t18-/m1/s1. The monoisotopic (exact) mass is 282 g/mol. The van der Waals surface area contributed by atoms with Crippen LogP contribution in [-0.4, -0.2) is 5.11 Å². The van der Waals surface area contributed by atoms with Crippen molar-refractivity contribution in [1.82, 2.24) is 0 Å². The van der Waals surface area contributed by atoms with Crippen molar-refractivity contribution in [1.29, 1.82) is 0 Å². The first-order valence-corrected chi connectivity index (χ1v) is 6.96. The zero-order chi connectivity index (χ0) is 14.1. The van der Waals surface area contributed by atoms with E-state index < -0.39 is 6.10 Å². The van der Waals surface area contributed by atoms with Crippen LogP contribution in [0, 0.1) is 6.92 Å². The van der Waals surface area contributed by atoms with Crippen LogP contribution in [0.4, 0.5) is 0 Å². The first kappa shape index (κ1) is 13.2. The van der Waals surface area contributed by atoms with Gasteiger partial charge in [0.2, 0.25) is 0 Å². The molecule has 3 aromatic rings. The van der Waals surface area contributed by atoms with E-state index >= 15 is 0 Å². The molecule has 0 unspecified atom stereocenters. The lowest BCUT2D eigenvalue weighted by Crippen LogP contribution is -2.03. The zero-order valence-corrected chi connectivity index (χ0v) is 11.9. The highest BCUT2D eigenvalue weighted by Gasteiger charge is 2.15. The third-order valence-electron chi connectivity index (χ3n) is 3.65. The summed E-state index contributed by atoms with van der Waals surface area (Å²) in [5.41, 5.74) is 2.91. The van der Waals surface area contributed by atoms with Crippen LogP contribution in [-0.2, 0) is 0 Å². The zero-order valence-electron chi connectivity index (χ0n) is 11.2. The van der Waals surface area contributed by atoms with E-state index in [9.17, 15) is 5.11 Å². The van der Waals surface area contributed by atoms with Crippen LogP contribution in [0.1, 0.15) is 22.8 Å². The summed E-state index contributed by atoms with van der Waals surface area (Å²) >= 11 is 5.91. The molecule has 1 atom stereocenters. The smallest absolute Gasteiger partial charge is 0.105 e. The Hall–Kier alpha value is -1.83. The van der Waals surface area contributed by atoms with Crippen molar-refractivity contribution in [3.8, 4) is 0 Å². The van der Waals surface area contributed by atoms with Gasteiger partial charge in [-0.15, -0.1) is 0 Å². The average molecular weight is 283 g/mol. The summed E-state index contributed by atoms with van der Waals surface area (Å²) in [6, 6.07) is 19.6. The van der Waals surface area contributed by atoms with E-state index in [0.29, 0.717) is 5.02 Å². The highest BCUT2D eigenvalue weighted by Crippen LogP contribution is 2.32. The van der Waals surface area contributed by atoms with Crippen molar-refractivity contribution >= 4 is 22.4 Å². The maximum atomic E-state index is 10.7. The van der Waals surface area contributed by atoms with Gasteiger partial charge in [0.25, 0.3) is 0 Å². The normalized spacial score (nSPS) is 12.6. The molecule has 0 bridgehead atoms. The van der Waals surface area contributed by atoms with Gasteiger partial charge in [-0.3, -0.25) is 0 Å². The molecule has 0 aliphatic carbocycles. The SMILES string of the molecule is Cc1ccc2ccccc2c1[C@H](O)c1ccc(Cl)cc1. The van der Waals surface area contributed by atoms with Crippen molar-refractivity contribution in [2.75, 3.05) is 0 Å². The van der Waals surface area contributed by atoms with Gasteiger partial charge in [-0.25, -0.2) is 0 Å². The number of aliphatic hydroxyl groups is 1. The van der Waals surface area contributed by atoms with E-state index in [0.717, 1.165) is 27.5 Å². The first-order valence-electron chi connectivity index (χ1n) is 6.58. The molecule has 100 valence electrons. The molecule has 20 heavy (non-hydrogen) atoms. The van der Waals surface area contributed by atoms with E-state index in [4.69, 9.17) is 11.6 Å². The Morgan fingerprint density at radius 3 is 2.35 bits per heavy atom. The fraction of sp³-hybridized carbons (Fsp3) is 0.111. The minimum Gasteiger partial charge on any atom is -0.384 e. The molecule has 0 aromatic heterocycles. The summed E-state index contributed by atoms with van der Waals surface area (Å²) in [6.07, 6.45) is -0.640. The predicted molar refractivity (Wildman–Crippen MR) is 84.2 cm³/mol. The first-order chi connectivity index (χ1) is 9.66. The maximum absolute atomic E-state index is 10.7. The maximum Gasteiger partial charge on any atom is 0.105 e. The van der Waals surface area contributed by atoms with E-state index in [1.807, 2.05) is 31.2 Å². The van der Waals surface area contributed by atoms with Crippen LogP contribution in [0.15, 0.2) is 60.7 Å². The molecule has 0 radical (unpaired) electrons. The second kappa shape index (κ2) is 5.28. The van der Waals surface area contributed by atoms with Gasteiger partial charge in [-0.05, 0) is 46.5 Å².